The molecule has 0 saturated heterocycles. The van der Waals surface area contributed by atoms with E-state index in [-0.39, 0.29) is 6.61 Å². The van der Waals surface area contributed by atoms with Crippen LogP contribution in [-0.4, -0.2) is 11.7 Å². The predicted molar refractivity (Wildman–Crippen MR) is 42.8 cm³/mol. The van der Waals surface area contributed by atoms with Crippen molar-refractivity contribution in [1.82, 2.24) is 0 Å². The molecule has 1 heteroatoms. The summed E-state index contributed by atoms with van der Waals surface area (Å²) in [6.45, 7) is 0.174. The van der Waals surface area contributed by atoms with Crippen LogP contribution >= 0.6 is 0 Å². The average Bonchev–Trinajstić information content (AvgIpc) is 2.41. The Morgan fingerprint density at radius 1 is 1.50 bits per heavy atom. The first-order valence-corrected chi connectivity index (χ1v) is 3.87. The topological polar surface area (TPSA) is 20.2 Å². The second-order valence-corrected chi connectivity index (χ2v) is 2.61. The predicted octanol–water partition coefficient (Wildman–Crippen LogP) is 2.04. The van der Waals surface area contributed by atoms with Crippen LogP contribution in [0.15, 0.2) is 23.8 Å². The first kappa shape index (κ1) is 7.55. The molecule has 0 aromatic rings. The number of hydrogen-bond donors (Lipinski definition) is 1. The van der Waals surface area contributed by atoms with E-state index >= 15 is 0 Å². The Hall–Kier alpha value is -0.560. The maximum absolute atomic E-state index is 8.43. The molecule has 0 bridgehead atoms. The van der Waals surface area contributed by atoms with Crippen molar-refractivity contribution in [2.75, 3.05) is 6.61 Å². The van der Waals surface area contributed by atoms with Crippen molar-refractivity contribution in [2.45, 2.75) is 25.7 Å². The van der Waals surface area contributed by atoms with E-state index in [1.807, 2.05) is 6.08 Å². The third-order valence-electron chi connectivity index (χ3n) is 1.79. The van der Waals surface area contributed by atoms with Gasteiger partial charge in [-0.15, -0.1) is 0 Å². The van der Waals surface area contributed by atoms with Crippen molar-refractivity contribution in [1.29, 1.82) is 0 Å². The number of rotatable bonds is 3. The molecule has 0 spiro atoms. The zero-order chi connectivity index (χ0) is 7.23. The van der Waals surface area contributed by atoms with Gasteiger partial charge >= 0.3 is 0 Å². The summed E-state index contributed by atoms with van der Waals surface area (Å²) < 4.78 is 0. The molecule has 0 heterocycles. The molecule has 0 aliphatic heterocycles. The van der Waals surface area contributed by atoms with E-state index in [9.17, 15) is 0 Å². The molecular formula is C9H14O. The Labute approximate surface area is 62.1 Å². The Kier molecular flexibility index (Phi) is 3.23. The van der Waals surface area contributed by atoms with Gasteiger partial charge in [0.1, 0.15) is 0 Å². The highest BCUT2D eigenvalue weighted by Gasteiger charge is 2.00. The highest BCUT2D eigenvalue weighted by atomic mass is 16.2. The zero-order valence-electron chi connectivity index (χ0n) is 6.21. The van der Waals surface area contributed by atoms with Crippen molar-refractivity contribution in [3.05, 3.63) is 23.8 Å². The molecule has 1 aliphatic carbocycles. The average molecular weight is 138 g/mol. The van der Waals surface area contributed by atoms with Gasteiger partial charge in [0.15, 0.2) is 0 Å². The third kappa shape index (κ3) is 2.36. The van der Waals surface area contributed by atoms with Crippen molar-refractivity contribution in [3.63, 3.8) is 0 Å². The molecule has 1 nitrogen and oxygen atoms in total. The highest BCUT2D eigenvalue weighted by molar-refractivity contribution is 5.11. The fraction of sp³-hybridized carbons (Fsp3) is 0.556. The maximum Gasteiger partial charge on any atom is 0.0612 e. The Bertz CT molecular complexity index is 145. The minimum absolute atomic E-state index is 0.174. The summed E-state index contributed by atoms with van der Waals surface area (Å²) in [6, 6.07) is 0. The van der Waals surface area contributed by atoms with Gasteiger partial charge in [0.2, 0.25) is 0 Å². The summed E-state index contributed by atoms with van der Waals surface area (Å²) in [7, 11) is 0. The summed E-state index contributed by atoms with van der Waals surface area (Å²) in [6.07, 6.45) is 11.0. The second kappa shape index (κ2) is 4.29. The molecule has 0 unspecified atom stereocenters. The fourth-order valence-corrected chi connectivity index (χ4v) is 1.23. The Morgan fingerprint density at radius 2 is 2.40 bits per heavy atom. The van der Waals surface area contributed by atoms with Gasteiger partial charge in [0.05, 0.1) is 6.61 Å². The lowest BCUT2D eigenvalue weighted by molar-refractivity contribution is 0.342. The molecule has 0 radical (unpaired) electrons. The lowest BCUT2D eigenvalue weighted by Gasteiger charge is -1.92. The number of aliphatic hydroxyl groups is 1. The molecule has 0 atom stereocenters. The number of allylic oxidation sites excluding steroid dienone is 3. The van der Waals surface area contributed by atoms with Crippen molar-refractivity contribution >= 4 is 0 Å². The molecule has 0 saturated carbocycles. The van der Waals surface area contributed by atoms with E-state index in [0.717, 1.165) is 6.42 Å². The van der Waals surface area contributed by atoms with Crippen LogP contribution in [0.1, 0.15) is 25.7 Å². The largest absolute Gasteiger partial charge is 0.392 e. The molecule has 1 rings (SSSR count). The van der Waals surface area contributed by atoms with Crippen LogP contribution in [0.4, 0.5) is 0 Å². The SMILES string of the molecule is OCC=CCC1=CCCC1. The standard InChI is InChI=1S/C9H14O/c10-8-4-3-7-9-5-1-2-6-9/h3-5,10H,1-2,6-8H2. The van der Waals surface area contributed by atoms with Crippen LogP contribution < -0.4 is 0 Å². The van der Waals surface area contributed by atoms with Crippen LogP contribution in [0, 0.1) is 0 Å². The van der Waals surface area contributed by atoms with E-state index in [2.05, 4.69) is 6.08 Å². The van der Waals surface area contributed by atoms with Crippen LogP contribution in [0.5, 0.6) is 0 Å². The van der Waals surface area contributed by atoms with Crippen LogP contribution in [0.3, 0.4) is 0 Å². The van der Waals surface area contributed by atoms with Gasteiger partial charge in [-0.2, -0.15) is 0 Å². The van der Waals surface area contributed by atoms with Gasteiger partial charge in [-0.05, 0) is 25.7 Å². The summed E-state index contributed by atoms with van der Waals surface area (Å²) in [4.78, 5) is 0. The zero-order valence-corrected chi connectivity index (χ0v) is 6.21. The quantitative estimate of drug-likeness (QED) is 0.592. The lowest BCUT2D eigenvalue weighted by atomic mass is 10.1. The molecule has 0 amide bonds. The molecule has 0 aromatic heterocycles. The van der Waals surface area contributed by atoms with Crippen molar-refractivity contribution in [2.24, 2.45) is 0 Å². The summed E-state index contributed by atoms with van der Waals surface area (Å²) in [5.74, 6) is 0. The smallest absolute Gasteiger partial charge is 0.0612 e. The van der Waals surface area contributed by atoms with E-state index in [1.54, 1.807) is 6.08 Å². The minimum Gasteiger partial charge on any atom is -0.392 e. The first-order valence-electron chi connectivity index (χ1n) is 3.87. The summed E-state index contributed by atoms with van der Waals surface area (Å²) in [5.41, 5.74) is 1.53. The second-order valence-electron chi connectivity index (χ2n) is 2.61. The summed E-state index contributed by atoms with van der Waals surface area (Å²) in [5, 5.41) is 8.43. The van der Waals surface area contributed by atoms with E-state index < -0.39 is 0 Å². The molecular weight excluding hydrogens is 124 g/mol. The molecule has 0 aromatic carbocycles. The van der Waals surface area contributed by atoms with E-state index in [0.29, 0.717) is 0 Å². The van der Waals surface area contributed by atoms with E-state index in [1.165, 1.54) is 24.8 Å². The lowest BCUT2D eigenvalue weighted by Crippen LogP contribution is -1.75. The molecule has 1 N–H and O–H groups in total. The normalized spacial score (nSPS) is 18.3. The molecule has 0 fully saturated rings. The molecule has 1 aliphatic rings. The van der Waals surface area contributed by atoms with Gasteiger partial charge < -0.3 is 5.11 Å². The summed E-state index contributed by atoms with van der Waals surface area (Å²) >= 11 is 0. The van der Waals surface area contributed by atoms with Crippen LogP contribution in [0.2, 0.25) is 0 Å². The van der Waals surface area contributed by atoms with Gasteiger partial charge in [0, 0.05) is 0 Å². The maximum atomic E-state index is 8.43. The van der Waals surface area contributed by atoms with Gasteiger partial charge in [0.25, 0.3) is 0 Å². The monoisotopic (exact) mass is 138 g/mol. The van der Waals surface area contributed by atoms with Crippen LogP contribution in [-0.2, 0) is 0 Å². The Morgan fingerprint density at radius 3 is 3.00 bits per heavy atom. The van der Waals surface area contributed by atoms with Gasteiger partial charge in [-0.3, -0.25) is 0 Å². The van der Waals surface area contributed by atoms with E-state index in [4.69, 9.17) is 5.11 Å². The third-order valence-corrected chi connectivity index (χ3v) is 1.79. The van der Waals surface area contributed by atoms with Gasteiger partial charge in [-0.1, -0.05) is 23.8 Å². The fourth-order valence-electron chi connectivity index (χ4n) is 1.23. The molecule has 10 heavy (non-hydrogen) atoms. The number of hydrogen-bond acceptors (Lipinski definition) is 1. The van der Waals surface area contributed by atoms with Crippen LogP contribution in [0.25, 0.3) is 0 Å². The van der Waals surface area contributed by atoms with Gasteiger partial charge in [-0.25, -0.2) is 0 Å². The molecule has 56 valence electrons. The number of aliphatic hydroxyl groups excluding tert-OH is 1. The Balaban J connectivity index is 2.18. The highest BCUT2D eigenvalue weighted by Crippen LogP contribution is 2.20. The first-order chi connectivity index (χ1) is 4.93. The minimum atomic E-state index is 0.174. The van der Waals surface area contributed by atoms with Crippen molar-refractivity contribution in [3.8, 4) is 0 Å². The van der Waals surface area contributed by atoms with Crippen molar-refractivity contribution < 1.29 is 5.11 Å².